The van der Waals surface area contributed by atoms with E-state index in [1.807, 2.05) is 6.07 Å². The van der Waals surface area contributed by atoms with Gasteiger partial charge >= 0.3 is 0 Å². The van der Waals surface area contributed by atoms with E-state index < -0.39 is 5.91 Å². The Morgan fingerprint density at radius 1 is 1.46 bits per heavy atom. The third-order valence-electron chi connectivity index (χ3n) is 5.47. The predicted molar refractivity (Wildman–Crippen MR) is 91.9 cm³/mol. The van der Waals surface area contributed by atoms with E-state index in [0.29, 0.717) is 11.6 Å². The van der Waals surface area contributed by atoms with Crippen LogP contribution >= 0.6 is 0 Å². The van der Waals surface area contributed by atoms with E-state index in [9.17, 15) is 4.79 Å². The fraction of sp³-hybridized carbons (Fsp3) is 0.667. The summed E-state index contributed by atoms with van der Waals surface area (Å²) >= 11 is 0. The first-order valence-electron chi connectivity index (χ1n) is 8.89. The first-order valence-corrected chi connectivity index (χ1v) is 8.89. The molecule has 2 heterocycles. The van der Waals surface area contributed by atoms with Crippen LogP contribution in [-0.4, -0.2) is 59.1 Å². The van der Waals surface area contributed by atoms with Crippen molar-refractivity contribution in [3.8, 4) is 0 Å². The van der Waals surface area contributed by atoms with Crippen LogP contribution in [0, 0.1) is 5.92 Å². The second kappa shape index (κ2) is 7.59. The largest absolute Gasteiger partial charge is 0.309 e. The average molecular weight is 332 g/mol. The molecule has 2 atom stereocenters. The highest BCUT2D eigenvalue weighted by atomic mass is 16.5. The number of nitrogens with one attached hydrogen (secondary N) is 1. The number of amides is 1. The number of pyridine rings is 1. The molecular formula is C18H28N4O2. The minimum Gasteiger partial charge on any atom is -0.309 e. The van der Waals surface area contributed by atoms with E-state index in [0.717, 1.165) is 36.7 Å². The normalized spacial score (nSPS) is 23.7. The fourth-order valence-electron chi connectivity index (χ4n) is 3.94. The maximum atomic E-state index is 11.5. The molecule has 1 aliphatic heterocycles. The molecule has 0 aromatic carbocycles. The summed E-state index contributed by atoms with van der Waals surface area (Å²) in [6.45, 7) is 3.09. The van der Waals surface area contributed by atoms with Crippen molar-refractivity contribution in [2.45, 2.75) is 44.7 Å². The van der Waals surface area contributed by atoms with Gasteiger partial charge in [0.25, 0.3) is 5.91 Å². The molecule has 0 spiro atoms. The van der Waals surface area contributed by atoms with Gasteiger partial charge in [-0.15, -0.1) is 0 Å². The van der Waals surface area contributed by atoms with Crippen molar-refractivity contribution in [2.24, 2.45) is 5.92 Å². The Morgan fingerprint density at radius 2 is 2.29 bits per heavy atom. The molecule has 6 heteroatoms. The lowest BCUT2D eigenvalue weighted by atomic mass is 9.75. The lowest BCUT2D eigenvalue weighted by Crippen LogP contribution is -2.49. The zero-order valence-corrected chi connectivity index (χ0v) is 14.7. The van der Waals surface area contributed by atoms with Gasteiger partial charge in [-0.05, 0) is 70.3 Å². The molecule has 1 saturated carbocycles. The molecule has 1 fully saturated rings. The maximum absolute atomic E-state index is 11.5. The second-order valence-electron chi connectivity index (χ2n) is 7.34. The van der Waals surface area contributed by atoms with E-state index >= 15 is 0 Å². The van der Waals surface area contributed by atoms with Gasteiger partial charge in [0.1, 0.15) is 0 Å². The molecule has 2 aliphatic rings. The SMILES string of the molecule is CN(C)CCCC1CC[C@H]1N1CCc2cc(C(=O)NO)cnc2C1. The standard InChI is InChI=1S/C18H28N4O2/c1-21(2)8-3-4-13-5-6-17(13)22-9-7-14-10-15(18(23)20-24)11-19-16(14)12-22/h10-11,13,17,24H,3-9,12H2,1-2H3,(H,20,23)/t13?,17-/m1/s1. The molecule has 0 saturated heterocycles. The van der Waals surface area contributed by atoms with Crippen molar-refractivity contribution in [3.05, 3.63) is 29.1 Å². The van der Waals surface area contributed by atoms with Gasteiger partial charge in [0, 0.05) is 25.3 Å². The molecule has 1 aromatic rings. The highest BCUT2D eigenvalue weighted by Crippen LogP contribution is 2.37. The van der Waals surface area contributed by atoms with E-state index in [1.54, 1.807) is 11.7 Å². The maximum Gasteiger partial charge on any atom is 0.276 e. The Morgan fingerprint density at radius 3 is 2.96 bits per heavy atom. The highest BCUT2D eigenvalue weighted by molar-refractivity contribution is 5.93. The van der Waals surface area contributed by atoms with E-state index in [1.165, 1.54) is 32.2 Å². The summed E-state index contributed by atoms with van der Waals surface area (Å²) in [6, 6.07) is 2.56. The van der Waals surface area contributed by atoms with Gasteiger partial charge < -0.3 is 4.90 Å². The second-order valence-corrected chi connectivity index (χ2v) is 7.34. The van der Waals surface area contributed by atoms with Gasteiger partial charge in [-0.1, -0.05) is 0 Å². The van der Waals surface area contributed by atoms with E-state index in [-0.39, 0.29) is 0 Å². The third kappa shape index (κ3) is 3.77. The number of carbonyl (C=O) groups excluding carboxylic acids is 1. The molecule has 3 rings (SSSR count). The number of hydrogen-bond acceptors (Lipinski definition) is 5. The summed E-state index contributed by atoms with van der Waals surface area (Å²) in [5.74, 6) is 0.332. The Kier molecular flexibility index (Phi) is 5.48. The Labute approximate surface area is 143 Å². The number of carbonyl (C=O) groups is 1. The van der Waals surface area contributed by atoms with Crippen molar-refractivity contribution in [3.63, 3.8) is 0 Å². The van der Waals surface area contributed by atoms with Crippen LogP contribution in [0.1, 0.15) is 47.3 Å². The predicted octanol–water partition coefficient (Wildman–Crippen LogP) is 1.68. The van der Waals surface area contributed by atoms with Crippen LogP contribution < -0.4 is 5.48 Å². The summed E-state index contributed by atoms with van der Waals surface area (Å²) in [5.41, 5.74) is 4.31. The van der Waals surface area contributed by atoms with Crippen LogP contribution in [0.2, 0.25) is 0 Å². The molecule has 6 nitrogen and oxygen atoms in total. The van der Waals surface area contributed by atoms with E-state index in [2.05, 4.69) is 28.9 Å². The fourth-order valence-corrected chi connectivity index (χ4v) is 3.94. The molecule has 1 amide bonds. The highest BCUT2D eigenvalue weighted by Gasteiger charge is 2.36. The molecule has 1 aromatic heterocycles. The Balaban J connectivity index is 1.58. The Hall–Kier alpha value is -1.50. The van der Waals surface area contributed by atoms with Crippen molar-refractivity contribution < 1.29 is 10.0 Å². The molecule has 24 heavy (non-hydrogen) atoms. The molecule has 0 bridgehead atoms. The summed E-state index contributed by atoms with van der Waals surface area (Å²) < 4.78 is 0. The number of aromatic nitrogens is 1. The average Bonchev–Trinajstić information content (AvgIpc) is 2.56. The molecule has 1 unspecified atom stereocenters. The van der Waals surface area contributed by atoms with Crippen LogP contribution in [-0.2, 0) is 13.0 Å². The zero-order valence-electron chi connectivity index (χ0n) is 14.7. The zero-order chi connectivity index (χ0) is 17.1. The molecule has 1 aliphatic carbocycles. The lowest BCUT2D eigenvalue weighted by Gasteiger charge is -2.46. The Bertz CT molecular complexity index is 590. The quantitative estimate of drug-likeness (QED) is 0.613. The van der Waals surface area contributed by atoms with Gasteiger partial charge in [0.15, 0.2) is 0 Å². The minimum atomic E-state index is -0.493. The lowest BCUT2D eigenvalue weighted by molar-refractivity contribution is 0.0433. The number of rotatable bonds is 6. The number of fused-ring (bicyclic) bond motifs is 1. The van der Waals surface area contributed by atoms with Crippen LogP contribution in [0.3, 0.4) is 0 Å². The van der Waals surface area contributed by atoms with Crippen molar-refractivity contribution in [2.75, 3.05) is 27.2 Å². The molecule has 0 radical (unpaired) electrons. The third-order valence-corrected chi connectivity index (χ3v) is 5.47. The van der Waals surface area contributed by atoms with E-state index in [4.69, 9.17) is 5.21 Å². The minimum absolute atomic E-state index is 0.426. The van der Waals surface area contributed by atoms with Crippen molar-refractivity contribution in [1.29, 1.82) is 0 Å². The summed E-state index contributed by atoms with van der Waals surface area (Å²) in [6.07, 6.45) is 7.72. The first kappa shape index (κ1) is 17.3. The smallest absolute Gasteiger partial charge is 0.276 e. The number of hydroxylamine groups is 1. The molecule has 2 N–H and O–H groups in total. The molecule has 132 valence electrons. The number of hydrogen-bond donors (Lipinski definition) is 2. The molecular weight excluding hydrogens is 304 g/mol. The topological polar surface area (TPSA) is 68.7 Å². The van der Waals surface area contributed by atoms with Crippen molar-refractivity contribution in [1.82, 2.24) is 20.3 Å². The summed E-state index contributed by atoms with van der Waals surface area (Å²) in [7, 11) is 4.27. The van der Waals surface area contributed by atoms with Crippen molar-refractivity contribution >= 4 is 5.91 Å². The number of nitrogens with zero attached hydrogens (tertiary/aromatic N) is 3. The summed E-state index contributed by atoms with van der Waals surface area (Å²) in [5, 5.41) is 8.74. The monoisotopic (exact) mass is 332 g/mol. The van der Waals surface area contributed by atoms with Gasteiger partial charge in [-0.25, -0.2) is 5.48 Å². The van der Waals surface area contributed by atoms with Gasteiger partial charge in [0.05, 0.1) is 11.3 Å². The van der Waals surface area contributed by atoms with Gasteiger partial charge in [-0.2, -0.15) is 0 Å². The van der Waals surface area contributed by atoms with Crippen LogP contribution in [0.25, 0.3) is 0 Å². The van der Waals surface area contributed by atoms with Crippen LogP contribution in [0.15, 0.2) is 12.3 Å². The van der Waals surface area contributed by atoms with Gasteiger partial charge in [0.2, 0.25) is 0 Å². The van der Waals surface area contributed by atoms with Gasteiger partial charge in [-0.3, -0.25) is 19.9 Å². The first-order chi connectivity index (χ1) is 11.6. The van der Waals surface area contributed by atoms with Crippen LogP contribution in [0.4, 0.5) is 0 Å². The van der Waals surface area contributed by atoms with Crippen LogP contribution in [0.5, 0.6) is 0 Å². The summed E-state index contributed by atoms with van der Waals surface area (Å²) in [4.78, 5) is 20.8.